The third-order valence-corrected chi connectivity index (χ3v) is 4.48. The van der Waals surface area contributed by atoms with Crippen LogP contribution in [0.4, 0.5) is 4.39 Å². The normalized spacial score (nSPS) is 22.7. The van der Waals surface area contributed by atoms with Gasteiger partial charge in [0.15, 0.2) is 5.78 Å². The molecule has 1 aliphatic rings. The summed E-state index contributed by atoms with van der Waals surface area (Å²) in [6, 6.07) is 2.65. The molecular weight excluding hydrogens is 288 g/mol. The average Bonchev–Trinajstić information content (AvgIpc) is 2.84. The standard InChI is InChI=1S/C14H16Cl2FNO/c1-2-3-14(4-5-18-8-14)13(19)9-6-10(15)12(16)11(17)7-9/h6-7,18H,2-5,8H2,1H3/t14-/m0/s1. The van der Waals surface area contributed by atoms with Crippen LogP contribution in [-0.4, -0.2) is 18.9 Å². The number of rotatable bonds is 4. The summed E-state index contributed by atoms with van der Waals surface area (Å²) in [4.78, 5) is 12.7. The van der Waals surface area contributed by atoms with E-state index in [1.807, 2.05) is 6.92 Å². The monoisotopic (exact) mass is 303 g/mol. The largest absolute Gasteiger partial charge is 0.316 e. The Hall–Kier alpha value is -0.640. The van der Waals surface area contributed by atoms with E-state index in [1.54, 1.807) is 0 Å². The van der Waals surface area contributed by atoms with Gasteiger partial charge in [-0.2, -0.15) is 0 Å². The number of ketones is 1. The number of carbonyl (C=O) groups excluding carboxylic acids is 1. The Kier molecular flexibility index (Phi) is 4.49. The van der Waals surface area contributed by atoms with Crippen LogP contribution in [0.3, 0.4) is 0 Å². The quantitative estimate of drug-likeness (QED) is 0.670. The third-order valence-electron chi connectivity index (χ3n) is 3.70. The summed E-state index contributed by atoms with van der Waals surface area (Å²) in [5.41, 5.74) is -0.123. The van der Waals surface area contributed by atoms with Gasteiger partial charge in [0, 0.05) is 17.5 Å². The number of Topliss-reactive ketones (excluding diaryl/α,β-unsaturated/α-hetero) is 1. The molecule has 1 aromatic rings. The molecule has 1 aliphatic heterocycles. The van der Waals surface area contributed by atoms with E-state index >= 15 is 0 Å². The molecule has 1 atom stereocenters. The topological polar surface area (TPSA) is 29.1 Å². The first-order chi connectivity index (χ1) is 9.00. The van der Waals surface area contributed by atoms with Gasteiger partial charge in [0.1, 0.15) is 5.82 Å². The number of hydrogen-bond acceptors (Lipinski definition) is 2. The lowest BCUT2D eigenvalue weighted by Gasteiger charge is -2.26. The van der Waals surface area contributed by atoms with Crippen LogP contribution in [0.1, 0.15) is 36.5 Å². The van der Waals surface area contributed by atoms with Crippen molar-refractivity contribution in [2.45, 2.75) is 26.2 Å². The van der Waals surface area contributed by atoms with E-state index in [1.165, 1.54) is 12.1 Å². The summed E-state index contributed by atoms with van der Waals surface area (Å²) in [6.45, 7) is 3.50. The Bertz CT molecular complexity index is 475. The number of halogens is 3. The predicted molar refractivity (Wildman–Crippen MR) is 75.6 cm³/mol. The van der Waals surface area contributed by atoms with Crippen molar-refractivity contribution in [1.82, 2.24) is 5.32 Å². The lowest BCUT2D eigenvalue weighted by molar-refractivity contribution is 0.0801. The zero-order valence-electron chi connectivity index (χ0n) is 10.7. The molecule has 1 N–H and O–H groups in total. The van der Waals surface area contributed by atoms with Crippen molar-refractivity contribution >= 4 is 29.0 Å². The molecule has 0 bridgehead atoms. The van der Waals surface area contributed by atoms with E-state index in [4.69, 9.17) is 23.2 Å². The maximum absolute atomic E-state index is 13.6. The van der Waals surface area contributed by atoms with Gasteiger partial charge < -0.3 is 5.32 Å². The molecule has 1 fully saturated rings. The molecule has 0 aliphatic carbocycles. The minimum atomic E-state index is -0.643. The first-order valence-electron chi connectivity index (χ1n) is 6.40. The summed E-state index contributed by atoms with van der Waals surface area (Å²) < 4.78 is 13.6. The minimum Gasteiger partial charge on any atom is -0.316 e. The molecule has 0 saturated carbocycles. The van der Waals surface area contributed by atoms with Gasteiger partial charge >= 0.3 is 0 Å². The van der Waals surface area contributed by atoms with Crippen molar-refractivity contribution in [3.63, 3.8) is 0 Å². The number of benzene rings is 1. The summed E-state index contributed by atoms with van der Waals surface area (Å²) in [5.74, 6) is -0.688. The van der Waals surface area contributed by atoms with Gasteiger partial charge in [0.05, 0.1) is 10.0 Å². The Balaban J connectivity index is 2.37. The smallest absolute Gasteiger partial charge is 0.170 e. The first kappa shape index (κ1) is 14.8. The third kappa shape index (κ3) is 2.78. The van der Waals surface area contributed by atoms with Crippen LogP contribution < -0.4 is 5.32 Å². The van der Waals surface area contributed by atoms with Crippen LogP contribution in [0.25, 0.3) is 0 Å². The van der Waals surface area contributed by atoms with Crippen LogP contribution in [0.2, 0.25) is 10.0 Å². The van der Waals surface area contributed by atoms with E-state index < -0.39 is 11.2 Å². The van der Waals surface area contributed by atoms with Crippen molar-refractivity contribution in [2.75, 3.05) is 13.1 Å². The van der Waals surface area contributed by atoms with Crippen molar-refractivity contribution in [3.05, 3.63) is 33.6 Å². The van der Waals surface area contributed by atoms with Crippen LogP contribution in [-0.2, 0) is 0 Å². The van der Waals surface area contributed by atoms with Crippen LogP contribution in [0, 0.1) is 11.2 Å². The lowest BCUT2D eigenvalue weighted by Crippen LogP contribution is -2.33. The lowest BCUT2D eigenvalue weighted by atomic mass is 9.76. The van der Waals surface area contributed by atoms with Gasteiger partial charge in [0.2, 0.25) is 0 Å². The van der Waals surface area contributed by atoms with Gasteiger partial charge in [-0.25, -0.2) is 4.39 Å². The molecule has 104 valence electrons. The SMILES string of the molecule is CCC[C@]1(C(=O)c2cc(F)c(Cl)c(Cl)c2)CCNC1. The molecule has 19 heavy (non-hydrogen) atoms. The Labute approximate surface area is 122 Å². The minimum absolute atomic E-state index is 0.0446. The van der Waals surface area contributed by atoms with E-state index in [2.05, 4.69) is 5.32 Å². The molecular formula is C14H16Cl2FNO. The molecule has 0 spiro atoms. The maximum atomic E-state index is 13.6. The molecule has 0 amide bonds. The summed E-state index contributed by atoms with van der Waals surface area (Å²) in [7, 11) is 0. The van der Waals surface area contributed by atoms with Crippen LogP contribution >= 0.6 is 23.2 Å². The molecule has 0 aromatic heterocycles. The molecule has 0 radical (unpaired) electrons. The number of carbonyl (C=O) groups is 1. The predicted octanol–water partition coefficient (Wildman–Crippen LogP) is 4.10. The van der Waals surface area contributed by atoms with Crippen molar-refractivity contribution in [3.8, 4) is 0 Å². The second-order valence-electron chi connectivity index (χ2n) is 5.04. The van der Waals surface area contributed by atoms with Gasteiger partial charge in [0.25, 0.3) is 0 Å². The van der Waals surface area contributed by atoms with Gasteiger partial charge in [-0.15, -0.1) is 0 Å². The molecule has 2 nitrogen and oxygen atoms in total. The second kappa shape index (κ2) is 5.78. The van der Waals surface area contributed by atoms with E-state index in [-0.39, 0.29) is 15.8 Å². The van der Waals surface area contributed by atoms with Crippen molar-refractivity contribution in [2.24, 2.45) is 5.41 Å². The van der Waals surface area contributed by atoms with E-state index in [0.717, 1.165) is 25.8 Å². The average molecular weight is 304 g/mol. The zero-order chi connectivity index (χ0) is 14.0. The summed E-state index contributed by atoms with van der Waals surface area (Å²) >= 11 is 11.5. The molecule has 1 aromatic carbocycles. The highest BCUT2D eigenvalue weighted by Gasteiger charge is 2.40. The zero-order valence-corrected chi connectivity index (χ0v) is 12.2. The fraction of sp³-hybridized carbons (Fsp3) is 0.500. The molecule has 0 unspecified atom stereocenters. The van der Waals surface area contributed by atoms with Crippen molar-refractivity contribution < 1.29 is 9.18 Å². The first-order valence-corrected chi connectivity index (χ1v) is 7.16. The number of nitrogens with one attached hydrogen (secondary N) is 1. The molecule has 1 saturated heterocycles. The molecule has 2 rings (SSSR count). The number of hydrogen-bond donors (Lipinski definition) is 1. The summed E-state index contributed by atoms with van der Waals surface area (Å²) in [5, 5.41) is 3.17. The Morgan fingerprint density at radius 2 is 2.21 bits per heavy atom. The highest BCUT2D eigenvalue weighted by molar-refractivity contribution is 6.42. The highest BCUT2D eigenvalue weighted by Crippen LogP contribution is 2.36. The van der Waals surface area contributed by atoms with Crippen LogP contribution in [0.5, 0.6) is 0 Å². The van der Waals surface area contributed by atoms with Gasteiger partial charge in [-0.05, 0) is 31.5 Å². The fourth-order valence-electron chi connectivity index (χ4n) is 2.74. The van der Waals surface area contributed by atoms with Gasteiger partial charge in [-0.3, -0.25) is 4.79 Å². The molecule has 5 heteroatoms. The van der Waals surface area contributed by atoms with Gasteiger partial charge in [-0.1, -0.05) is 36.5 Å². The fourth-order valence-corrected chi connectivity index (χ4v) is 3.05. The van der Waals surface area contributed by atoms with Crippen molar-refractivity contribution in [1.29, 1.82) is 0 Å². The van der Waals surface area contributed by atoms with E-state index in [0.29, 0.717) is 12.1 Å². The Morgan fingerprint density at radius 1 is 1.47 bits per heavy atom. The molecule has 1 heterocycles. The Morgan fingerprint density at radius 3 is 2.74 bits per heavy atom. The maximum Gasteiger partial charge on any atom is 0.170 e. The second-order valence-corrected chi connectivity index (χ2v) is 5.83. The highest BCUT2D eigenvalue weighted by atomic mass is 35.5. The summed E-state index contributed by atoms with van der Waals surface area (Å²) in [6.07, 6.45) is 2.49. The van der Waals surface area contributed by atoms with E-state index in [9.17, 15) is 9.18 Å². The van der Waals surface area contributed by atoms with Crippen LogP contribution in [0.15, 0.2) is 12.1 Å².